The summed E-state index contributed by atoms with van der Waals surface area (Å²) in [5, 5.41) is 0. The van der Waals surface area contributed by atoms with Gasteiger partial charge < -0.3 is 4.81 Å². The van der Waals surface area contributed by atoms with Crippen LogP contribution < -0.4 is 0 Å². The summed E-state index contributed by atoms with van der Waals surface area (Å²) < 4.78 is 0. The van der Waals surface area contributed by atoms with E-state index in [1.807, 2.05) is 0 Å². The Labute approximate surface area is 76.6 Å². The molecule has 2 heterocycles. The molecule has 2 fully saturated rings. The highest BCUT2D eigenvalue weighted by Gasteiger charge is 2.40. The van der Waals surface area contributed by atoms with Gasteiger partial charge in [0, 0.05) is 0 Å². The van der Waals surface area contributed by atoms with Gasteiger partial charge in [-0.05, 0) is 25.7 Å². The SMILES string of the molecule is CN(C)B1C2CCCC1CCC2. The predicted octanol–water partition coefficient (Wildman–Crippen LogP) is 2.65. The molecule has 0 saturated carbocycles. The Bertz CT molecular complexity index is 136. The summed E-state index contributed by atoms with van der Waals surface area (Å²) >= 11 is 0. The molecule has 2 heteroatoms. The summed E-state index contributed by atoms with van der Waals surface area (Å²) in [7, 11) is 4.53. The van der Waals surface area contributed by atoms with Crippen LogP contribution in [0.1, 0.15) is 38.5 Å². The number of hydrogen-bond acceptors (Lipinski definition) is 1. The Hall–Kier alpha value is 0.0249. The van der Waals surface area contributed by atoms with Crippen molar-refractivity contribution in [3.8, 4) is 0 Å². The maximum atomic E-state index is 2.48. The fourth-order valence-electron chi connectivity index (χ4n) is 3.48. The van der Waals surface area contributed by atoms with Crippen LogP contribution >= 0.6 is 0 Å². The van der Waals surface area contributed by atoms with Crippen LogP contribution in [-0.4, -0.2) is 25.8 Å². The van der Waals surface area contributed by atoms with Gasteiger partial charge >= 0.3 is 0 Å². The molecule has 0 aromatic carbocycles. The average Bonchev–Trinajstić information content (AvgIpc) is 2.02. The second-order valence-corrected chi connectivity index (χ2v) is 4.84. The third-order valence-electron chi connectivity index (χ3n) is 3.86. The van der Waals surface area contributed by atoms with Gasteiger partial charge in [0.2, 0.25) is 6.85 Å². The fraction of sp³-hybridized carbons (Fsp3) is 1.00. The summed E-state index contributed by atoms with van der Waals surface area (Å²) in [5.41, 5.74) is 0. The first-order valence-corrected chi connectivity index (χ1v) is 5.45. The molecule has 0 amide bonds. The predicted molar refractivity (Wildman–Crippen MR) is 54.6 cm³/mol. The highest BCUT2D eigenvalue weighted by atomic mass is 15.0. The van der Waals surface area contributed by atoms with E-state index in [4.69, 9.17) is 0 Å². The molecule has 2 saturated heterocycles. The third kappa shape index (κ3) is 1.41. The molecule has 0 aromatic rings. The van der Waals surface area contributed by atoms with Crippen LogP contribution in [0.4, 0.5) is 0 Å². The summed E-state index contributed by atoms with van der Waals surface area (Å²) in [5.74, 6) is 2.07. The van der Waals surface area contributed by atoms with Gasteiger partial charge in [0.05, 0.1) is 0 Å². The molecule has 12 heavy (non-hydrogen) atoms. The lowest BCUT2D eigenvalue weighted by molar-refractivity contribution is 0.404. The first kappa shape index (κ1) is 8.62. The van der Waals surface area contributed by atoms with Gasteiger partial charge in [-0.1, -0.05) is 38.5 Å². The first-order chi connectivity index (χ1) is 5.79. The highest BCUT2D eigenvalue weighted by molar-refractivity contribution is 6.59. The van der Waals surface area contributed by atoms with Crippen molar-refractivity contribution in [1.29, 1.82) is 0 Å². The lowest BCUT2D eigenvalue weighted by atomic mass is 9.34. The normalized spacial score (nSPS) is 35.8. The van der Waals surface area contributed by atoms with Crippen molar-refractivity contribution in [1.82, 2.24) is 4.81 Å². The molecule has 2 aliphatic rings. The maximum absolute atomic E-state index is 2.48. The van der Waals surface area contributed by atoms with E-state index in [1.165, 1.54) is 38.5 Å². The minimum Gasteiger partial charge on any atom is -0.347 e. The Kier molecular flexibility index (Phi) is 2.45. The van der Waals surface area contributed by atoms with Crippen molar-refractivity contribution >= 4 is 6.85 Å². The highest BCUT2D eigenvalue weighted by Crippen LogP contribution is 2.46. The zero-order valence-electron chi connectivity index (χ0n) is 8.42. The molecule has 0 aliphatic carbocycles. The van der Waals surface area contributed by atoms with Crippen LogP contribution in [0.3, 0.4) is 0 Å². The van der Waals surface area contributed by atoms with Crippen molar-refractivity contribution < 1.29 is 0 Å². The molecule has 0 spiro atoms. The topological polar surface area (TPSA) is 3.24 Å². The van der Waals surface area contributed by atoms with Gasteiger partial charge in [0.15, 0.2) is 0 Å². The van der Waals surface area contributed by atoms with Gasteiger partial charge in [-0.25, -0.2) is 0 Å². The number of nitrogens with zero attached hydrogens (tertiary/aromatic N) is 1. The van der Waals surface area contributed by atoms with Gasteiger partial charge in [-0.3, -0.25) is 0 Å². The zero-order chi connectivity index (χ0) is 8.55. The molecule has 68 valence electrons. The maximum Gasteiger partial charge on any atom is 0.229 e. The van der Waals surface area contributed by atoms with Gasteiger partial charge in [-0.2, -0.15) is 0 Å². The summed E-state index contributed by atoms with van der Waals surface area (Å²) in [6.07, 6.45) is 9.00. The van der Waals surface area contributed by atoms with Crippen LogP contribution in [0.2, 0.25) is 11.6 Å². The Morgan fingerprint density at radius 1 is 0.917 bits per heavy atom. The minimum atomic E-state index is 0.924. The van der Waals surface area contributed by atoms with E-state index < -0.39 is 0 Å². The van der Waals surface area contributed by atoms with Crippen LogP contribution in [-0.2, 0) is 0 Å². The summed E-state index contributed by atoms with van der Waals surface area (Å²) in [6.45, 7) is 0.924. The lowest BCUT2D eigenvalue weighted by Crippen LogP contribution is -2.45. The van der Waals surface area contributed by atoms with Gasteiger partial charge in [-0.15, -0.1) is 0 Å². The van der Waals surface area contributed by atoms with Crippen molar-refractivity contribution in [2.75, 3.05) is 14.1 Å². The second kappa shape index (κ2) is 3.41. The molecule has 2 aliphatic heterocycles. The van der Waals surface area contributed by atoms with E-state index in [2.05, 4.69) is 18.9 Å². The van der Waals surface area contributed by atoms with Crippen LogP contribution in [0.15, 0.2) is 0 Å². The molecule has 0 aromatic heterocycles. The summed E-state index contributed by atoms with van der Waals surface area (Å²) in [6, 6.07) is 0. The Morgan fingerprint density at radius 2 is 1.33 bits per heavy atom. The lowest BCUT2D eigenvalue weighted by Gasteiger charge is -2.43. The zero-order valence-corrected chi connectivity index (χ0v) is 8.42. The third-order valence-corrected chi connectivity index (χ3v) is 3.86. The van der Waals surface area contributed by atoms with Crippen molar-refractivity contribution in [3.05, 3.63) is 0 Å². The van der Waals surface area contributed by atoms with E-state index in [9.17, 15) is 0 Å². The second-order valence-electron chi connectivity index (χ2n) is 4.84. The minimum absolute atomic E-state index is 0.924. The Balaban J connectivity index is 2.08. The molecular weight excluding hydrogens is 145 g/mol. The first-order valence-electron chi connectivity index (χ1n) is 5.45. The monoisotopic (exact) mass is 165 g/mol. The number of hydrogen-bond donors (Lipinski definition) is 0. The molecule has 1 nitrogen and oxygen atoms in total. The van der Waals surface area contributed by atoms with Crippen molar-refractivity contribution in [3.63, 3.8) is 0 Å². The van der Waals surface area contributed by atoms with E-state index in [1.54, 1.807) is 0 Å². The largest absolute Gasteiger partial charge is 0.347 e. The van der Waals surface area contributed by atoms with Crippen LogP contribution in [0.25, 0.3) is 0 Å². The van der Waals surface area contributed by atoms with Gasteiger partial charge in [0.1, 0.15) is 0 Å². The number of rotatable bonds is 1. The molecule has 0 radical (unpaired) electrons. The molecular formula is C10H20BN. The smallest absolute Gasteiger partial charge is 0.229 e. The molecule has 2 bridgehead atoms. The van der Waals surface area contributed by atoms with Crippen LogP contribution in [0, 0.1) is 0 Å². The number of fused-ring (bicyclic) bond motifs is 2. The quantitative estimate of drug-likeness (QED) is 0.540. The van der Waals surface area contributed by atoms with Gasteiger partial charge in [0.25, 0.3) is 0 Å². The van der Waals surface area contributed by atoms with Crippen molar-refractivity contribution in [2.24, 2.45) is 0 Å². The molecule has 0 unspecified atom stereocenters. The van der Waals surface area contributed by atoms with E-state index in [0.717, 1.165) is 18.5 Å². The van der Waals surface area contributed by atoms with E-state index in [-0.39, 0.29) is 0 Å². The molecule has 2 rings (SSSR count). The summed E-state index contributed by atoms with van der Waals surface area (Å²) in [4.78, 5) is 2.48. The van der Waals surface area contributed by atoms with Crippen molar-refractivity contribution in [2.45, 2.75) is 50.2 Å². The standard InChI is InChI=1S/C10H20BN/c1-12(2)11-9-5-3-6-10(11)8-4-7-9/h9-10H,3-8H2,1-2H3. The van der Waals surface area contributed by atoms with E-state index in [0.29, 0.717) is 0 Å². The Morgan fingerprint density at radius 3 is 1.58 bits per heavy atom. The average molecular weight is 165 g/mol. The van der Waals surface area contributed by atoms with E-state index >= 15 is 0 Å². The fourth-order valence-corrected chi connectivity index (χ4v) is 3.48. The molecule has 0 N–H and O–H groups in total. The molecule has 0 atom stereocenters. The van der Waals surface area contributed by atoms with Crippen LogP contribution in [0.5, 0.6) is 0 Å².